The molecule has 1 heterocycles. The van der Waals surface area contributed by atoms with Crippen LogP contribution in [-0.4, -0.2) is 22.0 Å². The summed E-state index contributed by atoms with van der Waals surface area (Å²) in [7, 11) is 1.55. The molecule has 0 fully saturated rings. The van der Waals surface area contributed by atoms with Crippen molar-refractivity contribution in [1.82, 2.24) is 9.78 Å². The van der Waals surface area contributed by atoms with Gasteiger partial charge in [0.15, 0.2) is 0 Å². The Kier molecular flexibility index (Phi) is 4.17. The standard InChI is InChI=1S/C13H12ClN3O2/c1-19-8-12-11(7-18)13(14)17(16-12)10-4-2-9(6-15)3-5-10/h2-5,18H,7-8H2,1H3. The molecule has 1 aromatic heterocycles. The van der Waals surface area contributed by atoms with E-state index in [2.05, 4.69) is 5.10 Å². The van der Waals surface area contributed by atoms with E-state index < -0.39 is 0 Å². The van der Waals surface area contributed by atoms with E-state index in [1.54, 1.807) is 31.4 Å². The number of rotatable bonds is 4. The molecular weight excluding hydrogens is 266 g/mol. The number of aromatic nitrogens is 2. The quantitative estimate of drug-likeness (QED) is 0.928. The van der Waals surface area contributed by atoms with Gasteiger partial charge in [-0.05, 0) is 24.3 Å². The SMILES string of the molecule is COCc1nn(-c2ccc(C#N)cc2)c(Cl)c1CO. The van der Waals surface area contributed by atoms with Crippen LogP contribution in [0.5, 0.6) is 0 Å². The molecule has 98 valence electrons. The largest absolute Gasteiger partial charge is 0.391 e. The molecule has 6 heteroatoms. The van der Waals surface area contributed by atoms with Crippen LogP contribution in [0.1, 0.15) is 16.8 Å². The zero-order valence-corrected chi connectivity index (χ0v) is 11.1. The molecule has 0 atom stereocenters. The lowest BCUT2D eigenvalue weighted by Crippen LogP contribution is -1.98. The zero-order valence-electron chi connectivity index (χ0n) is 10.3. The third-order valence-corrected chi connectivity index (χ3v) is 3.07. The van der Waals surface area contributed by atoms with Gasteiger partial charge in [0.1, 0.15) is 5.15 Å². The third kappa shape index (κ3) is 2.61. The Labute approximate surface area is 115 Å². The Bertz CT molecular complexity index is 614. The number of benzene rings is 1. The maximum Gasteiger partial charge on any atom is 0.138 e. The molecule has 0 saturated carbocycles. The van der Waals surface area contributed by atoms with Crippen molar-refractivity contribution in [2.75, 3.05) is 7.11 Å². The minimum atomic E-state index is -0.201. The highest BCUT2D eigenvalue weighted by molar-refractivity contribution is 6.30. The maximum absolute atomic E-state index is 9.33. The van der Waals surface area contributed by atoms with Gasteiger partial charge < -0.3 is 9.84 Å². The first-order valence-corrected chi connectivity index (χ1v) is 5.95. The van der Waals surface area contributed by atoms with Crippen molar-refractivity contribution < 1.29 is 9.84 Å². The fraction of sp³-hybridized carbons (Fsp3) is 0.231. The Morgan fingerprint density at radius 3 is 2.63 bits per heavy atom. The molecule has 5 nitrogen and oxygen atoms in total. The number of ether oxygens (including phenoxy) is 1. The third-order valence-electron chi connectivity index (χ3n) is 2.68. The summed E-state index contributed by atoms with van der Waals surface area (Å²) in [5.41, 5.74) is 2.43. The van der Waals surface area contributed by atoms with Crippen LogP contribution >= 0.6 is 11.6 Å². The van der Waals surface area contributed by atoms with Crippen LogP contribution in [0.15, 0.2) is 24.3 Å². The molecule has 2 rings (SSSR count). The lowest BCUT2D eigenvalue weighted by molar-refractivity contribution is 0.178. The number of nitrogens with zero attached hydrogens (tertiary/aromatic N) is 3. The van der Waals surface area contributed by atoms with Gasteiger partial charge in [-0.25, -0.2) is 4.68 Å². The number of hydrogen-bond acceptors (Lipinski definition) is 4. The monoisotopic (exact) mass is 277 g/mol. The van der Waals surface area contributed by atoms with Crippen LogP contribution in [0.25, 0.3) is 5.69 Å². The summed E-state index contributed by atoms with van der Waals surface area (Å²) in [6.07, 6.45) is 0. The van der Waals surface area contributed by atoms with Gasteiger partial charge in [0.25, 0.3) is 0 Å². The summed E-state index contributed by atoms with van der Waals surface area (Å²) in [5.74, 6) is 0. The second-order valence-electron chi connectivity index (χ2n) is 3.88. The number of hydrogen-bond donors (Lipinski definition) is 1. The summed E-state index contributed by atoms with van der Waals surface area (Å²) in [6.45, 7) is 0.0761. The number of aliphatic hydroxyl groups is 1. The molecule has 1 N–H and O–H groups in total. The van der Waals surface area contributed by atoms with Crippen LogP contribution in [-0.2, 0) is 18.0 Å². The first-order chi connectivity index (χ1) is 9.21. The van der Waals surface area contributed by atoms with Crippen molar-refractivity contribution in [2.45, 2.75) is 13.2 Å². The van der Waals surface area contributed by atoms with Gasteiger partial charge in [-0.3, -0.25) is 0 Å². The van der Waals surface area contributed by atoms with E-state index in [1.807, 2.05) is 6.07 Å². The fourth-order valence-corrected chi connectivity index (χ4v) is 2.03. The Morgan fingerprint density at radius 1 is 1.42 bits per heavy atom. The molecule has 0 unspecified atom stereocenters. The van der Waals surface area contributed by atoms with Crippen molar-refractivity contribution in [3.8, 4) is 11.8 Å². The molecule has 0 aliphatic heterocycles. The molecule has 1 aromatic carbocycles. The topological polar surface area (TPSA) is 71.1 Å². The van der Waals surface area contributed by atoms with E-state index in [-0.39, 0.29) is 13.2 Å². The van der Waals surface area contributed by atoms with Crippen LogP contribution in [0.4, 0.5) is 0 Å². The lowest BCUT2D eigenvalue weighted by atomic mass is 10.2. The molecule has 0 saturated heterocycles. The van der Waals surface area contributed by atoms with Crippen LogP contribution in [0.2, 0.25) is 5.15 Å². The summed E-state index contributed by atoms with van der Waals surface area (Å²) < 4.78 is 6.54. The number of nitriles is 1. The fourth-order valence-electron chi connectivity index (χ4n) is 1.73. The Balaban J connectivity index is 2.46. The average Bonchev–Trinajstić information content (AvgIpc) is 2.75. The Hall–Kier alpha value is -1.87. The van der Waals surface area contributed by atoms with Gasteiger partial charge in [-0.2, -0.15) is 10.4 Å². The van der Waals surface area contributed by atoms with Gasteiger partial charge in [0, 0.05) is 12.7 Å². The van der Waals surface area contributed by atoms with Gasteiger partial charge >= 0.3 is 0 Å². The van der Waals surface area contributed by atoms with Gasteiger partial charge in [0.05, 0.1) is 36.2 Å². The summed E-state index contributed by atoms with van der Waals surface area (Å²) in [5, 5.41) is 22.8. The molecule has 0 aliphatic rings. The maximum atomic E-state index is 9.33. The highest BCUT2D eigenvalue weighted by Gasteiger charge is 2.16. The Morgan fingerprint density at radius 2 is 2.11 bits per heavy atom. The van der Waals surface area contributed by atoms with Crippen molar-refractivity contribution in [3.05, 3.63) is 46.2 Å². The molecule has 2 aromatic rings. The molecular formula is C13H12ClN3O2. The second-order valence-corrected chi connectivity index (χ2v) is 4.24. The first-order valence-electron chi connectivity index (χ1n) is 5.58. The molecule has 0 bridgehead atoms. The van der Waals surface area contributed by atoms with E-state index in [4.69, 9.17) is 21.6 Å². The average molecular weight is 278 g/mol. The van der Waals surface area contributed by atoms with E-state index in [0.717, 1.165) is 5.69 Å². The minimum Gasteiger partial charge on any atom is -0.391 e. The molecule has 0 spiro atoms. The predicted octanol–water partition coefficient (Wildman–Crippen LogP) is 2.04. The first kappa shape index (κ1) is 13.6. The van der Waals surface area contributed by atoms with E-state index in [9.17, 15) is 5.11 Å². The van der Waals surface area contributed by atoms with E-state index >= 15 is 0 Å². The van der Waals surface area contributed by atoms with Gasteiger partial charge in [-0.15, -0.1) is 0 Å². The van der Waals surface area contributed by atoms with Crippen molar-refractivity contribution in [3.63, 3.8) is 0 Å². The zero-order chi connectivity index (χ0) is 13.8. The second kappa shape index (κ2) is 5.85. The predicted molar refractivity (Wildman–Crippen MR) is 69.9 cm³/mol. The van der Waals surface area contributed by atoms with E-state index in [1.165, 1.54) is 4.68 Å². The molecule has 0 radical (unpaired) electrons. The van der Waals surface area contributed by atoms with Crippen LogP contribution < -0.4 is 0 Å². The lowest BCUT2D eigenvalue weighted by Gasteiger charge is -2.02. The van der Waals surface area contributed by atoms with Crippen LogP contribution in [0, 0.1) is 11.3 Å². The minimum absolute atomic E-state index is 0.201. The number of halogens is 1. The smallest absolute Gasteiger partial charge is 0.138 e. The molecule has 19 heavy (non-hydrogen) atoms. The summed E-state index contributed by atoms with van der Waals surface area (Å²) in [4.78, 5) is 0. The highest BCUT2D eigenvalue weighted by Crippen LogP contribution is 2.24. The summed E-state index contributed by atoms with van der Waals surface area (Å²) in [6, 6.07) is 8.90. The van der Waals surface area contributed by atoms with Crippen molar-refractivity contribution in [2.24, 2.45) is 0 Å². The van der Waals surface area contributed by atoms with Gasteiger partial charge in [0.2, 0.25) is 0 Å². The molecule has 0 amide bonds. The normalized spacial score (nSPS) is 10.4. The van der Waals surface area contributed by atoms with Gasteiger partial charge in [-0.1, -0.05) is 11.6 Å². The molecule has 0 aliphatic carbocycles. The highest BCUT2D eigenvalue weighted by atomic mass is 35.5. The van der Waals surface area contributed by atoms with Crippen LogP contribution in [0.3, 0.4) is 0 Å². The van der Waals surface area contributed by atoms with E-state index in [0.29, 0.717) is 22.0 Å². The number of aliphatic hydroxyl groups excluding tert-OH is 1. The van der Waals surface area contributed by atoms with Crippen molar-refractivity contribution >= 4 is 11.6 Å². The number of methoxy groups -OCH3 is 1. The summed E-state index contributed by atoms with van der Waals surface area (Å²) >= 11 is 6.19. The van der Waals surface area contributed by atoms with Crippen molar-refractivity contribution in [1.29, 1.82) is 5.26 Å².